The van der Waals surface area contributed by atoms with Gasteiger partial charge in [-0.05, 0) is 25.7 Å². The first-order chi connectivity index (χ1) is 6.66. The van der Waals surface area contributed by atoms with E-state index in [0.29, 0.717) is 0 Å². The molecule has 0 radical (unpaired) electrons. The predicted octanol–water partition coefficient (Wildman–Crippen LogP) is 1.79. The van der Waals surface area contributed by atoms with Crippen LogP contribution < -0.4 is 0 Å². The average Bonchev–Trinajstić information content (AvgIpc) is 2.46. The zero-order valence-corrected chi connectivity index (χ0v) is 8.66. The Morgan fingerprint density at radius 3 is 3.07 bits per heavy atom. The summed E-state index contributed by atoms with van der Waals surface area (Å²) in [6, 6.07) is 0. The van der Waals surface area contributed by atoms with Crippen LogP contribution in [-0.2, 0) is 0 Å². The third-order valence-corrected chi connectivity index (χ3v) is 3.75. The molecule has 78 valence electrons. The third kappa shape index (κ3) is 1.43. The summed E-state index contributed by atoms with van der Waals surface area (Å²) in [6.45, 7) is 2.37. The maximum Gasteiger partial charge on any atom is 0.0724 e. The van der Waals surface area contributed by atoms with Crippen LogP contribution >= 0.6 is 0 Å². The van der Waals surface area contributed by atoms with E-state index in [-0.39, 0.29) is 18.1 Å². The molecule has 2 nitrogen and oxygen atoms in total. The van der Waals surface area contributed by atoms with Gasteiger partial charge in [0.25, 0.3) is 0 Å². The van der Waals surface area contributed by atoms with Crippen LogP contribution in [0.4, 0.5) is 0 Å². The van der Waals surface area contributed by atoms with Crippen LogP contribution in [0.15, 0.2) is 23.3 Å². The van der Waals surface area contributed by atoms with Crippen molar-refractivity contribution >= 4 is 0 Å². The third-order valence-electron chi connectivity index (χ3n) is 3.75. The first kappa shape index (κ1) is 9.94. The molecule has 0 heterocycles. The van der Waals surface area contributed by atoms with Crippen molar-refractivity contribution in [1.82, 2.24) is 0 Å². The average molecular weight is 194 g/mol. The van der Waals surface area contributed by atoms with Crippen LogP contribution in [0, 0.1) is 5.41 Å². The lowest BCUT2D eigenvalue weighted by molar-refractivity contribution is 0.181. The molecule has 0 spiro atoms. The fraction of sp³-hybridized carbons (Fsp3) is 0.667. The van der Waals surface area contributed by atoms with Gasteiger partial charge >= 0.3 is 0 Å². The highest BCUT2D eigenvalue weighted by Crippen LogP contribution is 2.52. The summed E-state index contributed by atoms with van der Waals surface area (Å²) in [5, 5.41) is 18.5. The van der Waals surface area contributed by atoms with Crippen LogP contribution in [0.3, 0.4) is 0 Å². The maximum absolute atomic E-state index is 9.54. The summed E-state index contributed by atoms with van der Waals surface area (Å²) in [7, 11) is 0. The van der Waals surface area contributed by atoms with Crippen LogP contribution in [-0.4, -0.2) is 22.9 Å². The van der Waals surface area contributed by atoms with Gasteiger partial charge in [0.05, 0.1) is 12.7 Å². The zero-order valence-electron chi connectivity index (χ0n) is 8.66. The second-order valence-electron chi connectivity index (χ2n) is 4.54. The van der Waals surface area contributed by atoms with Gasteiger partial charge in [-0.25, -0.2) is 0 Å². The summed E-state index contributed by atoms with van der Waals surface area (Å²) in [6.07, 6.45) is 7.69. The second kappa shape index (κ2) is 3.52. The quantitative estimate of drug-likeness (QED) is 0.625. The molecule has 0 aromatic carbocycles. The number of allylic oxidation sites excluding steroid dienone is 2. The molecule has 0 aromatic heterocycles. The number of hydrogen-bond acceptors (Lipinski definition) is 2. The lowest BCUT2D eigenvalue weighted by Gasteiger charge is -2.33. The van der Waals surface area contributed by atoms with E-state index in [2.05, 4.69) is 6.92 Å². The van der Waals surface area contributed by atoms with Crippen molar-refractivity contribution < 1.29 is 10.2 Å². The summed E-state index contributed by atoms with van der Waals surface area (Å²) >= 11 is 0. The molecule has 2 rings (SSSR count). The Morgan fingerprint density at radius 1 is 1.57 bits per heavy atom. The Balaban J connectivity index is 2.32. The second-order valence-corrected chi connectivity index (χ2v) is 4.54. The van der Waals surface area contributed by atoms with Crippen molar-refractivity contribution in [3.8, 4) is 0 Å². The van der Waals surface area contributed by atoms with E-state index >= 15 is 0 Å². The SMILES string of the molecule is CC12CCC(O)C=C1CC/C2=C/CO. The van der Waals surface area contributed by atoms with E-state index in [1.807, 2.05) is 12.2 Å². The van der Waals surface area contributed by atoms with Gasteiger partial charge in [-0.15, -0.1) is 0 Å². The molecule has 2 heteroatoms. The standard InChI is InChI=1S/C12H18O2/c1-12-6-4-11(14)8-10(12)3-2-9(12)5-7-13/h5,8,11,13-14H,2-4,6-7H2,1H3/b9-5-. The molecular weight excluding hydrogens is 176 g/mol. The van der Waals surface area contributed by atoms with Crippen molar-refractivity contribution in [3.63, 3.8) is 0 Å². The van der Waals surface area contributed by atoms with Crippen LogP contribution in [0.2, 0.25) is 0 Å². The molecule has 0 aliphatic heterocycles. The molecule has 2 aliphatic rings. The van der Waals surface area contributed by atoms with Crippen LogP contribution in [0.1, 0.15) is 32.6 Å². The van der Waals surface area contributed by atoms with Gasteiger partial charge in [0.15, 0.2) is 0 Å². The summed E-state index contributed by atoms with van der Waals surface area (Å²) in [5.74, 6) is 0. The number of aliphatic hydroxyl groups is 2. The molecule has 0 saturated heterocycles. The Morgan fingerprint density at radius 2 is 2.36 bits per heavy atom. The summed E-state index contributed by atoms with van der Waals surface area (Å²) in [4.78, 5) is 0. The Kier molecular flexibility index (Phi) is 2.50. The van der Waals surface area contributed by atoms with Crippen LogP contribution in [0.5, 0.6) is 0 Å². The minimum Gasteiger partial charge on any atom is -0.392 e. The van der Waals surface area contributed by atoms with E-state index in [1.54, 1.807) is 0 Å². The molecule has 0 bridgehead atoms. The van der Waals surface area contributed by atoms with Crippen molar-refractivity contribution in [2.75, 3.05) is 6.61 Å². The Bertz CT molecular complexity index is 291. The highest BCUT2D eigenvalue weighted by Gasteiger charge is 2.40. The first-order valence-corrected chi connectivity index (χ1v) is 5.36. The largest absolute Gasteiger partial charge is 0.392 e. The number of hydrogen-bond donors (Lipinski definition) is 2. The number of fused-ring (bicyclic) bond motifs is 1. The van der Waals surface area contributed by atoms with Gasteiger partial charge in [0.1, 0.15) is 0 Å². The molecule has 2 N–H and O–H groups in total. The van der Waals surface area contributed by atoms with Gasteiger partial charge in [-0.1, -0.05) is 30.2 Å². The molecular formula is C12H18O2. The molecule has 0 amide bonds. The minimum atomic E-state index is -0.244. The molecule has 2 unspecified atom stereocenters. The van der Waals surface area contributed by atoms with Crippen molar-refractivity contribution in [2.45, 2.75) is 38.7 Å². The minimum absolute atomic E-state index is 0.140. The molecule has 2 atom stereocenters. The van der Waals surface area contributed by atoms with E-state index in [4.69, 9.17) is 5.11 Å². The smallest absolute Gasteiger partial charge is 0.0724 e. The highest BCUT2D eigenvalue weighted by molar-refractivity contribution is 5.37. The van der Waals surface area contributed by atoms with E-state index in [1.165, 1.54) is 11.1 Å². The normalized spacial score (nSPS) is 39.8. The highest BCUT2D eigenvalue weighted by atomic mass is 16.3. The first-order valence-electron chi connectivity index (χ1n) is 5.36. The fourth-order valence-corrected chi connectivity index (χ4v) is 2.81. The van der Waals surface area contributed by atoms with E-state index < -0.39 is 0 Å². The Hall–Kier alpha value is -0.600. The maximum atomic E-state index is 9.54. The summed E-state index contributed by atoms with van der Waals surface area (Å²) < 4.78 is 0. The number of rotatable bonds is 1. The van der Waals surface area contributed by atoms with Gasteiger partial charge in [0.2, 0.25) is 0 Å². The predicted molar refractivity (Wildman–Crippen MR) is 55.8 cm³/mol. The van der Waals surface area contributed by atoms with Gasteiger partial charge in [-0.3, -0.25) is 0 Å². The van der Waals surface area contributed by atoms with Crippen molar-refractivity contribution in [3.05, 3.63) is 23.3 Å². The number of aliphatic hydroxyl groups excluding tert-OH is 2. The van der Waals surface area contributed by atoms with Crippen molar-refractivity contribution in [1.29, 1.82) is 0 Å². The lowest BCUT2D eigenvalue weighted by atomic mass is 9.73. The molecule has 14 heavy (non-hydrogen) atoms. The molecule has 1 fully saturated rings. The van der Waals surface area contributed by atoms with Gasteiger partial charge in [-0.2, -0.15) is 0 Å². The molecule has 0 aromatic rings. The van der Waals surface area contributed by atoms with Gasteiger partial charge < -0.3 is 10.2 Å². The fourth-order valence-electron chi connectivity index (χ4n) is 2.81. The summed E-state index contributed by atoms with van der Waals surface area (Å²) in [5.41, 5.74) is 2.87. The Labute approximate surface area is 85.0 Å². The molecule has 2 aliphatic carbocycles. The van der Waals surface area contributed by atoms with Crippen molar-refractivity contribution in [2.24, 2.45) is 5.41 Å². The lowest BCUT2D eigenvalue weighted by Crippen LogP contribution is -2.24. The molecule has 1 saturated carbocycles. The van der Waals surface area contributed by atoms with Gasteiger partial charge in [0, 0.05) is 5.41 Å². The van der Waals surface area contributed by atoms with E-state index in [0.717, 1.165) is 25.7 Å². The zero-order chi connectivity index (χ0) is 10.2. The van der Waals surface area contributed by atoms with Crippen LogP contribution in [0.25, 0.3) is 0 Å². The topological polar surface area (TPSA) is 40.5 Å². The van der Waals surface area contributed by atoms with E-state index in [9.17, 15) is 5.11 Å². The monoisotopic (exact) mass is 194 g/mol.